The quantitative estimate of drug-likeness (QED) is 0.883. The highest BCUT2D eigenvalue weighted by atomic mass is 19.1. The highest BCUT2D eigenvalue weighted by Gasteiger charge is 2.41. The number of carbonyl (C=O) groups is 1. The number of carbonyl (C=O) groups excluding carboxylic acids is 1. The van der Waals surface area contributed by atoms with Gasteiger partial charge in [-0.15, -0.1) is 0 Å². The van der Waals surface area contributed by atoms with Crippen LogP contribution in [0, 0.1) is 22.6 Å². The first-order valence-corrected chi connectivity index (χ1v) is 8.33. The van der Waals surface area contributed by atoms with Gasteiger partial charge in [0.05, 0.1) is 6.07 Å². The summed E-state index contributed by atoms with van der Waals surface area (Å²) in [6.07, 6.45) is 3.13. The van der Waals surface area contributed by atoms with E-state index in [0.717, 1.165) is 18.4 Å². The number of nitrogens with zero attached hydrogens (tertiary/aromatic N) is 1. The summed E-state index contributed by atoms with van der Waals surface area (Å²) in [5.74, 6) is 0.695. The molecule has 0 radical (unpaired) electrons. The molecule has 0 bridgehead atoms. The number of ether oxygens (including phenoxy) is 1. The van der Waals surface area contributed by atoms with Gasteiger partial charge < -0.3 is 10.1 Å². The predicted octanol–water partition coefficient (Wildman–Crippen LogP) is 4.32. The summed E-state index contributed by atoms with van der Waals surface area (Å²) in [5, 5.41) is 12.2. The first kappa shape index (κ1) is 17.0. The van der Waals surface area contributed by atoms with Crippen LogP contribution in [0.1, 0.15) is 31.2 Å². The Morgan fingerprint density at radius 2 is 1.64 bits per heavy atom. The van der Waals surface area contributed by atoms with Crippen molar-refractivity contribution in [3.63, 3.8) is 0 Å². The molecule has 0 spiro atoms. The third-order valence-corrected chi connectivity index (χ3v) is 4.53. The Bertz CT molecular complexity index is 773. The zero-order chi connectivity index (χ0) is 17.7. The lowest BCUT2D eigenvalue weighted by Gasteiger charge is -2.19. The van der Waals surface area contributed by atoms with Crippen LogP contribution in [-0.4, -0.2) is 5.91 Å². The average Bonchev–Trinajstić information content (AvgIpc) is 3.13. The lowest BCUT2D eigenvalue weighted by molar-refractivity contribution is -0.128. The van der Waals surface area contributed by atoms with Crippen LogP contribution >= 0.6 is 0 Å². The van der Waals surface area contributed by atoms with Crippen LogP contribution in [0.3, 0.4) is 0 Å². The molecule has 2 aromatic rings. The molecule has 0 atom stereocenters. The first-order valence-electron chi connectivity index (χ1n) is 8.33. The fourth-order valence-electron chi connectivity index (χ4n) is 3.03. The van der Waals surface area contributed by atoms with E-state index >= 15 is 0 Å². The molecule has 1 N–H and O–H groups in total. The molecule has 1 aliphatic carbocycles. The largest absolute Gasteiger partial charge is 0.457 e. The van der Waals surface area contributed by atoms with E-state index in [4.69, 9.17) is 4.74 Å². The number of amides is 1. The molecule has 128 valence electrons. The zero-order valence-electron chi connectivity index (χ0n) is 13.8. The average molecular weight is 338 g/mol. The second-order valence-electron chi connectivity index (χ2n) is 6.28. The van der Waals surface area contributed by atoms with Gasteiger partial charge >= 0.3 is 0 Å². The molecule has 0 aliphatic heterocycles. The van der Waals surface area contributed by atoms with Crippen LogP contribution in [0.5, 0.6) is 11.5 Å². The summed E-state index contributed by atoms with van der Waals surface area (Å²) in [4.78, 5) is 12.3. The Kier molecular flexibility index (Phi) is 4.99. The van der Waals surface area contributed by atoms with Gasteiger partial charge in [0.25, 0.3) is 0 Å². The SMILES string of the molecule is N#CC1(C(=O)NCc2ccc(Oc3ccc(F)cc3)cc2)CCCC1. The molecule has 0 aromatic heterocycles. The van der Waals surface area contributed by atoms with Gasteiger partial charge in [0, 0.05) is 6.54 Å². The molecular formula is C20H19FN2O2. The summed E-state index contributed by atoms with van der Waals surface area (Å²) in [6.45, 7) is 0.374. The Morgan fingerprint density at radius 3 is 2.20 bits per heavy atom. The highest BCUT2D eigenvalue weighted by molar-refractivity contribution is 5.85. The summed E-state index contributed by atoms with van der Waals surface area (Å²) in [7, 11) is 0. The van der Waals surface area contributed by atoms with Crippen LogP contribution in [0.15, 0.2) is 48.5 Å². The van der Waals surface area contributed by atoms with Crippen molar-refractivity contribution in [2.24, 2.45) is 5.41 Å². The van der Waals surface area contributed by atoms with E-state index in [9.17, 15) is 14.4 Å². The van der Waals surface area contributed by atoms with Gasteiger partial charge in [0.15, 0.2) is 0 Å². The molecule has 2 aromatic carbocycles. The van der Waals surface area contributed by atoms with Crippen molar-refractivity contribution >= 4 is 5.91 Å². The van der Waals surface area contributed by atoms with Crippen LogP contribution in [-0.2, 0) is 11.3 Å². The molecule has 3 rings (SSSR count). The molecule has 5 heteroatoms. The number of hydrogen-bond donors (Lipinski definition) is 1. The topological polar surface area (TPSA) is 62.1 Å². The maximum atomic E-state index is 12.9. The Hall–Kier alpha value is -2.87. The Balaban J connectivity index is 1.56. The molecule has 0 heterocycles. The van der Waals surface area contributed by atoms with Crippen LogP contribution in [0.2, 0.25) is 0 Å². The fourth-order valence-corrected chi connectivity index (χ4v) is 3.03. The third kappa shape index (κ3) is 3.97. The molecule has 1 amide bonds. The van der Waals surface area contributed by atoms with E-state index in [0.29, 0.717) is 30.9 Å². The van der Waals surface area contributed by atoms with Crippen LogP contribution in [0.25, 0.3) is 0 Å². The third-order valence-electron chi connectivity index (χ3n) is 4.53. The molecule has 1 aliphatic rings. The second-order valence-corrected chi connectivity index (χ2v) is 6.28. The van der Waals surface area contributed by atoms with Crippen molar-refractivity contribution in [1.29, 1.82) is 5.26 Å². The number of nitriles is 1. The van der Waals surface area contributed by atoms with Crippen molar-refractivity contribution in [3.8, 4) is 17.6 Å². The maximum Gasteiger partial charge on any atom is 0.240 e. The van der Waals surface area contributed by atoms with E-state index in [1.807, 2.05) is 12.1 Å². The van der Waals surface area contributed by atoms with Gasteiger partial charge in [-0.1, -0.05) is 25.0 Å². The van der Waals surface area contributed by atoms with Crippen molar-refractivity contribution < 1.29 is 13.9 Å². The predicted molar refractivity (Wildman–Crippen MR) is 91.3 cm³/mol. The number of rotatable bonds is 5. The van der Waals surface area contributed by atoms with Crippen LogP contribution in [0.4, 0.5) is 4.39 Å². The van der Waals surface area contributed by atoms with E-state index in [-0.39, 0.29) is 11.7 Å². The minimum atomic E-state index is -0.856. The van der Waals surface area contributed by atoms with E-state index in [1.54, 1.807) is 24.3 Å². The number of nitrogens with one attached hydrogen (secondary N) is 1. The minimum Gasteiger partial charge on any atom is -0.457 e. The first-order chi connectivity index (χ1) is 12.1. The van der Waals surface area contributed by atoms with Gasteiger partial charge in [0.1, 0.15) is 22.7 Å². The maximum absolute atomic E-state index is 12.9. The standard InChI is InChI=1S/C20H19FN2O2/c21-16-5-9-18(10-6-16)25-17-7-3-15(4-8-17)13-23-19(24)20(14-22)11-1-2-12-20/h3-10H,1-2,11-13H2,(H,23,24). The summed E-state index contributed by atoms with van der Waals surface area (Å²) >= 11 is 0. The number of hydrogen-bond acceptors (Lipinski definition) is 3. The van der Waals surface area contributed by atoms with Crippen LogP contribution < -0.4 is 10.1 Å². The van der Waals surface area contributed by atoms with Gasteiger partial charge in [0.2, 0.25) is 5.91 Å². The van der Waals surface area contributed by atoms with E-state index < -0.39 is 5.41 Å². The van der Waals surface area contributed by atoms with Crippen molar-refractivity contribution in [2.75, 3.05) is 0 Å². The summed E-state index contributed by atoms with van der Waals surface area (Å²) < 4.78 is 18.5. The number of halogens is 1. The summed E-state index contributed by atoms with van der Waals surface area (Å²) in [6, 6.07) is 15.3. The van der Waals surface area contributed by atoms with Gasteiger partial charge in [-0.3, -0.25) is 4.79 Å². The molecule has 0 unspecified atom stereocenters. The van der Waals surface area contributed by atoms with Crippen molar-refractivity contribution in [2.45, 2.75) is 32.2 Å². The summed E-state index contributed by atoms with van der Waals surface area (Å²) in [5.41, 5.74) is 0.0666. The lowest BCUT2D eigenvalue weighted by atomic mass is 9.87. The molecule has 1 fully saturated rings. The van der Waals surface area contributed by atoms with Gasteiger partial charge in [-0.2, -0.15) is 5.26 Å². The Morgan fingerprint density at radius 1 is 1.08 bits per heavy atom. The highest BCUT2D eigenvalue weighted by Crippen LogP contribution is 2.37. The zero-order valence-corrected chi connectivity index (χ0v) is 13.8. The smallest absolute Gasteiger partial charge is 0.240 e. The normalized spacial score (nSPS) is 15.4. The number of benzene rings is 2. The van der Waals surface area contributed by atoms with Crippen molar-refractivity contribution in [1.82, 2.24) is 5.32 Å². The second kappa shape index (κ2) is 7.35. The molecule has 25 heavy (non-hydrogen) atoms. The minimum absolute atomic E-state index is 0.181. The van der Waals surface area contributed by atoms with Gasteiger partial charge in [-0.05, 0) is 54.8 Å². The fraction of sp³-hybridized carbons (Fsp3) is 0.300. The van der Waals surface area contributed by atoms with E-state index in [1.165, 1.54) is 12.1 Å². The Labute approximate surface area is 146 Å². The van der Waals surface area contributed by atoms with Crippen molar-refractivity contribution in [3.05, 3.63) is 59.9 Å². The lowest BCUT2D eigenvalue weighted by Crippen LogP contribution is -2.37. The molecule has 1 saturated carbocycles. The molecule has 0 saturated heterocycles. The van der Waals surface area contributed by atoms with Gasteiger partial charge in [-0.25, -0.2) is 4.39 Å². The molecular weight excluding hydrogens is 319 g/mol. The molecule has 4 nitrogen and oxygen atoms in total. The van der Waals surface area contributed by atoms with E-state index in [2.05, 4.69) is 11.4 Å². The monoisotopic (exact) mass is 338 g/mol.